The molecule has 0 aliphatic rings. The quantitative estimate of drug-likeness (QED) is 0.404. The van der Waals surface area contributed by atoms with Gasteiger partial charge in [0.1, 0.15) is 17.0 Å². The number of aryl methyl sites for hydroxylation is 1. The van der Waals surface area contributed by atoms with Crippen LogP contribution in [0.2, 0.25) is 0 Å². The Morgan fingerprint density at radius 1 is 1.03 bits per heavy atom. The Morgan fingerprint density at radius 3 is 2.24 bits per heavy atom. The van der Waals surface area contributed by atoms with Crippen molar-refractivity contribution in [3.05, 3.63) is 51.6 Å². The van der Waals surface area contributed by atoms with Crippen molar-refractivity contribution in [2.24, 2.45) is 0 Å². The number of hydrogen-bond donors (Lipinski definition) is 1. The van der Waals surface area contributed by atoms with Crippen molar-refractivity contribution in [1.82, 2.24) is 0 Å². The molecule has 0 aliphatic carbocycles. The second kappa shape index (κ2) is 9.40. The molecule has 10 nitrogen and oxygen atoms in total. The second-order valence-corrected chi connectivity index (χ2v) is 5.76. The molecule has 29 heavy (non-hydrogen) atoms. The molecule has 0 bridgehead atoms. The van der Waals surface area contributed by atoms with Gasteiger partial charge >= 0.3 is 5.97 Å². The highest BCUT2D eigenvalue weighted by atomic mass is 16.6. The van der Waals surface area contributed by atoms with Gasteiger partial charge in [0.05, 0.1) is 26.3 Å². The van der Waals surface area contributed by atoms with Crippen LogP contribution in [0.25, 0.3) is 0 Å². The summed E-state index contributed by atoms with van der Waals surface area (Å²) in [6.45, 7) is 0.963. The number of rotatable bonds is 8. The fraction of sp³-hybridized carbons (Fsp3) is 0.263. The number of methoxy groups -OCH3 is 3. The molecule has 0 aliphatic heterocycles. The molecule has 0 saturated heterocycles. The van der Waals surface area contributed by atoms with E-state index in [1.165, 1.54) is 45.6 Å². The first-order chi connectivity index (χ1) is 13.8. The van der Waals surface area contributed by atoms with Crippen LogP contribution in [0.15, 0.2) is 30.3 Å². The Hall–Kier alpha value is -3.82. The molecular weight excluding hydrogens is 384 g/mol. The van der Waals surface area contributed by atoms with Gasteiger partial charge in [-0.25, -0.2) is 4.79 Å². The largest absolute Gasteiger partial charge is 0.496 e. The lowest BCUT2D eigenvalue weighted by Gasteiger charge is -2.14. The fourth-order valence-corrected chi connectivity index (χ4v) is 2.54. The monoisotopic (exact) mass is 404 g/mol. The minimum absolute atomic E-state index is 0.0276. The molecule has 2 aromatic rings. The molecule has 0 radical (unpaired) electrons. The third kappa shape index (κ3) is 4.92. The lowest BCUT2D eigenvalue weighted by atomic mass is 10.1. The van der Waals surface area contributed by atoms with Crippen LogP contribution >= 0.6 is 0 Å². The highest BCUT2D eigenvalue weighted by Gasteiger charge is 2.21. The Bertz CT molecular complexity index is 942. The number of nitrogens with zero attached hydrogens (tertiary/aromatic N) is 1. The van der Waals surface area contributed by atoms with Gasteiger partial charge in [0, 0.05) is 18.2 Å². The number of nitro groups is 1. The number of hydrogen-bond acceptors (Lipinski definition) is 8. The number of carbonyl (C=O) groups excluding carboxylic acids is 2. The van der Waals surface area contributed by atoms with Crippen molar-refractivity contribution in [1.29, 1.82) is 0 Å². The number of anilines is 1. The number of esters is 1. The van der Waals surface area contributed by atoms with E-state index in [2.05, 4.69) is 5.32 Å². The van der Waals surface area contributed by atoms with Crippen molar-refractivity contribution < 1.29 is 33.5 Å². The molecule has 0 spiro atoms. The summed E-state index contributed by atoms with van der Waals surface area (Å²) < 4.78 is 20.5. The van der Waals surface area contributed by atoms with E-state index in [9.17, 15) is 19.7 Å². The maximum absolute atomic E-state index is 12.4. The first kappa shape index (κ1) is 21.5. The van der Waals surface area contributed by atoms with Crippen molar-refractivity contribution in [2.75, 3.05) is 33.3 Å². The summed E-state index contributed by atoms with van der Waals surface area (Å²) in [5.41, 5.74) is 0.314. The van der Waals surface area contributed by atoms with E-state index < -0.39 is 23.4 Å². The van der Waals surface area contributed by atoms with E-state index in [0.717, 1.165) is 0 Å². The van der Waals surface area contributed by atoms with E-state index in [-0.39, 0.29) is 28.4 Å². The molecule has 0 aromatic heterocycles. The molecule has 0 saturated carbocycles. The van der Waals surface area contributed by atoms with E-state index in [1.807, 2.05) is 0 Å². The van der Waals surface area contributed by atoms with Crippen LogP contribution in [-0.2, 0) is 9.53 Å². The van der Waals surface area contributed by atoms with Gasteiger partial charge in [0.25, 0.3) is 11.6 Å². The SMILES string of the molecule is COc1cc(OC)c(C(=O)OCC(=O)Nc2c(C)cccc2[N+](=O)[O-])cc1OC. The smallest absolute Gasteiger partial charge is 0.342 e. The first-order valence-electron chi connectivity index (χ1n) is 8.33. The second-order valence-electron chi connectivity index (χ2n) is 5.76. The third-order valence-electron chi connectivity index (χ3n) is 3.97. The zero-order valence-electron chi connectivity index (χ0n) is 16.3. The predicted octanol–water partition coefficient (Wildman–Crippen LogP) is 2.72. The van der Waals surface area contributed by atoms with E-state index >= 15 is 0 Å². The maximum Gasteiger partial charge on any atom is 0.342 e. The van der Waals surface area contributed by atoms with Crippen LogP contribution < -0.4 is 19.5 Å². The topological polar surface area (TPSA) is 126 Å². The number of amides is 1. The average molecular weight is 404 g/mol. The summed E-state index contributed by atoms with van der Waals surface area (Å²) >= 11 is 0. The molecule has 2 rings (SSSR count). The van der Waals surface area contributed by atoms with Crippen LogP contribution in [0.1, 0.15) is 15.9 Å². The van der Waals surface area contributed by atoms with Gasteiger partial charge < -0.3 is 24.3 Å². The van der Waals surface area contributed by atoms with E-state index in [1.54, 1.807) is 13.0 Å². The van der Waals surface area contributed by atoms with Gasteiger partial charge in [-0.3, -0.25) is 14.9 Å². The number of carbonyl (C=O) groups is 2. The number of nitrogens with one attached hydrogen (secondary N) is 1. The van der Waals surface area contributed by atoms with Gasteiger partial charge in [0.2, 0.25) is 0 Å². The zero-order chi connectivity index (χ0) is 21.6. The van der Waals surface area contributed by atoms with E-state index in [4.69, 9.17) is 18.9 Å². The van der Waals surface area contributed by atoms with Crippen molar-refractivity contribution in [3.63, 3.8) is 0 Å². The van der Waals surface area contributed by atoms with Gasteiger partial charge in [-0.05, 0) is 12.5 Å². The van der Waals surface area contributed by atoms with Crippen LogP contribution in [0.3, 0.4) is 0 Å². The molecule has 0 atom stereocenters. The summed E-state index contributed by atoms with van der Waals surface area (Å²) in [7, 11) is 4.20. The van der Waals surface area contributed by atoms with Crippen LogP contribution in [0.4, 0.5) is 11.4 Å². The molecule has 1 N–H and O–H groups in total. The van der Waals surface area contributed by atoms with Gasteiger partial charge in [-0.1, -0.05) is 12.1 Å². The molecule has 2 aromatic carbocycles. The highest BCUT2D eigenvalue weighted by molar-refractivity contribution is 5.98. The number of para-hydroxylation sites is 1. The molecule has 10 heteroatoms. The summed E-state index contributed by atoms with van der Waals surface area (Å²) in [6, 6.07) is 7.20. The minimum atomic E-state index is -0.836. The average Bonchev–Trinajstić information content (AvgIpc) is 2.72. The van der Waals surface area contributed by atoms with Gasteiger partial charge in [-0.15, -0.1) is 0 Å². The third-order valence-corrected chi connectivity index (χ3v) is 3.97. The fourth-order valence-electron chi connectivity index (χ4n) is 2.54. The van der Waals surface area contributed by atoms with Gasteiger partial charge in [-0.2, -0.15) is 0 Å². The molecule has 154 valence electrons. The van der Waals surface area contributed by atoms with Crippen molar-refractivity contribution in [2.45, 2.75) is 6.92 Å². The van der Waals surface area contributed by atoms with Crippen LogP contribution in [0, 0.1) is 17.0 Å². The molecular formula is C19H20N2O8. The summed E-state index contributed by atoms with van der Waals surface area (Å²) in [5.74, 6) is -0.763. The Morgan fingerprint density at radius 2 is 1.66 bits per heavy atom. The first-order valence-corrected chi connectivity index (χ1v) is 8.33. The van der Waals surface area contributed by atoms with Crippen LogP contribution in [-0.4, -0.2) is 44.7 Å². The molecule has 1 amide bonds. The summed E-state index contributed by atoms with van der Waals surface area (Å²) in [4.78, 5) is 35.1. The summed E-state index contributed by atoms with van der Waals surface area (Å²) in [6.07, 6.45) is 0. The number of ether oxygens (including phenoxy) is 4. The van der Waals surface area contributed by atoms with Gasteiger partial charge in [0.15, 0.2) is 18.1 Å². The number of nitro benzene ring substituents is 1. The van der Waals surface area contributed by atoms with Crippen LogP contribution in [0.5, 0.6) is 17.2 Å². The van der Waals surface area contributed by atoms with Crippen molar-refractivity contribution in [3.8, 4) is 17.2 Å². The molecule has 0 unspecified atom stereocenters. The number of benzene rings is 2. The Labute approximate surface area is 166 Å². The molecule has 0 heterocycles. The predicted molar refractivity (Wildman–Crippen MR) is 103 cm³/mol. The lowest BCUT2D eigenvalue weighted by Crippen LogP contribution is -2.22. The van der Waals surface area contributed by atoms with E-state index in [0.29, 0.717) is 11.3 Å². The minimum Gasteiger partial charge on any atom is -0.496 e. The van der Waals surface area contributed by atoms with Crippen molar-refractivity contribution >= 4 is 23.3 Å². The normalized spacial score (nSPS) is 10.1. The Kier molecular flexibility index (Phi) is 6.96. The summed E-state index contributed by atoms with van der Waals surface area (Å²) in [5, 5.41) is 13.5. The highest BCUT2D eigenvalue weighted by Crippen LogP contribution is 2.35. The Balaban J connectivity index is 2.14. The maximum atomic E-state index is 12.4. The lowest BCUT2D eigenvalue weighted by molar-refractivity contribution is -0.384. The standard InChI is InChI=1S/C19H20N2O8/c1-11-6-5-7-13(21(24)25)18(11)20-17(22)10-29-19(23)12-8-15(27-3)16(28-4)9-14(12)26-2/h5-9H,10H2,1-4H3,(H,20,22). The molecule has 0 fully saturated rings. The zero-order valence-corrected chi connectivity index (χ0v) is 16.3.